The molecule has 0 amide bonds. The highest BCUT2D eigenvalue weighted by Crippen LogP contribution is 2.14. The smallest absolute Gasteiger partial charge is 0.0821 e. The molecule has 0 aliphatic rings. The van der Waals surface area contributed by atoms with Crippen LogP contribution in [0.5, 0.6) is 0 Å². The van der Waals surface area contributed by atoms with Gasteiger partial charge in [-0.2, -0.15) is 0 Å². The third-order valence-electron chi connectivity index (χ3n) is 2.32. The lowest BCUT2D eigenvalue weighted by atomic mass is 9.53. The lowest BCUT2D eigenvalue weighted by Crippen LogP contribution is -2.08. The molecular weight excluding hydrogens is 146 g/mol. The largest absolute Gasteiger partial charge is 0.384 e. The SMILES string of the molecule is BBCCCC(CCC)COC. The standard InChI is InChI=1S/C9H22B2O/c1-3-5-9(8-12-2)6-4-7-11-10/h9,11H,3-8,10H2,1-2H3. The van der Waals surface area contributed by atoms with Crippen molar-refractivity contribution in [2.45, 2.75) is 38.9 Å². The summed E-state index contributed by atoms with van der Waals surface area (Å²) in [6, 6.07) is 0. The zero-order chi connectivity index (χ0) is 9.23. The first kappa shape index (κ1) is 12.1. The summed E-state index contributed by atoms with van der Waals surface area (Å²) in [6.07, 6.45) is 6.74. The number of rotatable bonds is 8. The zero-order valence-corrected chi connectivity index (χ0v) is 8.94. The van der Waals surface area contributed by atoms with Crippen LogP contribution in [-0.2, 0) is 4.74 Å². The van der Waals surface area contributed by atoms with Gasteiger partial charge < -0.3 is 4.74 Å². The Kier molecular flexibility index (Phi) is 9.25. The van der Waals surface area contributed by atoms with Gasteiger partial charge >= 0.3 is 0 Å². The van der Waals surface area contributed by atoms with Crippen molar-refractivity contribution in [1.29, 1.82) is 0 Å². The second-order valence-electron chi connectivity index (χ2n) is 3.61. The molecule has 0 aliphatic carbocycles. The van der Waals surface area contributed by atoms with Crippen LogP contribution in [0.1, 0.15) is 32.6 Å². The maximum atomic E-state index is 5.19. The maximum absolute atomic E-state index is 5.19. The van der Waals surface area contributed by atoms with Crippen molar-refractivity contribution in [2.75, 3.05) is 13.7 Å². The predicted molar refractivity (Wildman–Crippen MR) is 60.0 cm³/mol. The minimum absolute atomic E-state index is 0.812. The molecule has 0 aromatic heterocycles. The number of hydrogen-bond acceptors (Lipinski definition) is 1. The molecular formula is C9H22B2O. The summed E-state index contributed by atoms with van der Waals surface area (Å²) in [5, 5.41) is 0. The quantitative estimate of drug-likeness (QED) is 0.391. The van der Waals surface area contributed by atoms with Gasteiger partial charge in [0.05, 0.1) is 14.9 Å². The molecule has 0 bridgehead atoms. The summed E-state index contributed by atoms with van der Waals surface area (Å²) in [6.45, 7) is 3.21. The minimum atomic E-state index is 0.812. The van der Waals surface area contributed by atoms with E-state index in [-0.39, 0.29) is 0 Å². The van der Waals surface area contributed by atoms with Crippen molar-refractivity contribution >= 4 is 14.9 Å². The van der Waals surface area contributed by atoms with Crippen molar-refractivity contribution in [2.24, 2.45) is 5.92 Å². The Labute approximate surface area is 78.9 Å². The molecule has 0 saturated heterocycles. The van der Waals surface area contributed by atoms with Crippen LogP contribution in [0.25, 0.3) is 0 Å². The average molecular weight is 168 g/mol. The second-order valence-corrected chi connectivity index (χ2v) is 3.61. The van der Waals surface area contributed by atoms with E-state index in [1.807, 2.05) is 7.11 Å². The van der Waals surface area contributed by atoms with Gasteiger partial charge in [0.2, 0.25) is 0 Å². The van der Waals surface area contributed by atoms with E-state index in [2.05, 4.69) is 14.7 Å². The van der Waals surface area contributed by atoms with Crippen LogP contribution in [0.3, 0.4) is 0 Å². The van der Waals surface area contributed by atoms with Crippen molar-refractivity contribution in [3.63, 3.8) is 0 Å². The normalized spacial score (nSPS) is 12.8. The summed E-state index contributed by atoms with van der Waals surface area (Å²) in [7, 11) is 5.39. The molecule has 0 radical (unpaired) electrons. The van der Waals surface area contributed by atoms with Crippen LogP contribution in [0.2, 0.25) is 6.32 Å². The van der Waals surface area contributed by atoms with Crippen molar-refractivity contribution in [3.05, 3.63) is 0 Å². The van der Waals surface area contributed by atoms with Gasteiger partial charge in [0, 0.05) is 13.7 Å². The molecule has 12 heavy (non-hydrogen) atoms. The zero-order valence-electron chi connectivity index (χ0n) is 8.94. The first-order chi connectivity index (χ1) is 5.85. The third kappa shape index (κ3) is 6.78. The van der Waals surface area contributed by atoms with Crippen LogP contribution < -0.4 is 0 Å². The van der Waals surface area contributed by atoms with Gasteiger partial charge in [0.15, 0.2) is 0 Å². The highest BCUT2D eigenvalue weighted by molar-refractivity contribution is 6.89. The van der Waals surface area contributed by atoms with E-state index in [0.29, 0.717) is 0 Å². The van der Waals surface area contributed by atoms with E-state index in [9.17, 15) is 0 Å². The molecule has 0 rings (SSSR count). The Balaban J connectivity index is 3.34. The molecule has 1 unspecified atom stereocenters. The molecule has 0 heterocycles. The highest BCUT2D eigenvalue weighted by atomic mass is 16.5. The Bertz CT molecular complexity index is 82.6. The summed E-state index contributed by atoms with van der Waals surface area (Å²) in [5.41, 5.74) is 0. The first-order valence-electron chi connectivity index (χ1n) is 5.34. The van der Waals surface area contributed by atoms with E-state index < -0.39 is 0 Å². The van der Waals surface area contributed by atoms with Crippen LogP contribution in [0.15, 0.2) is 0 Å². The minimum Gasteiger partial charge on any atom is -0.384 e. The number of ether oxygens (including phenoxy) is 1. The van der Waals surface area contributed by atoms with Gasteiger partial charge in [0.25, 0.3) is 0 Å². The van der Waals surface area contributed by atoms with Crippen LogP contribution in [-0.4, -0.2) is 28.6 Å². The summed E-state index contributed by atoms with van der Waals surface area (Å²) in [5.74, 6) is 0.812. The molecule has 3 heteroatoms. The van der Waals surface area contributed by atoms with Gasteiger partial charge in [-0.25, -0.2) is 0 Å². The average Bonchev–Trinajstić information content (AvgIpc) is 2.06. The molecule has 0 N–H and O–H groups in total. The molecule has 0 aliphatic heterocycles. The molecule has 1 nitrogen and oxygen atoms in total. The van der Waals surface area contributed by atoms with Crippen LogP contribution in [0.4, 0.5) is 0 Å². The van der Waals surface area contributed by atoms with E-state index >= 15 is 0 Å². The third-order valence-corrected chi connectivity index (χ3v) is 2.32. The molecule has 1 atom stereocenters. The number of hydrogen-bond donors (Lipinski definition) is 0. The maximum Gasteiger partial charge on any atom is 0.0821 e. The van der Waals surface area contributed by atoms with E-state index in [1.165, 1.54) is 39.2 Å². The summed E-state index contributed by atoms with van der Waals surface area (Å²) in [4.78, 5) is 0. The second kappa shape index (κ2) is 9.18. The van der Waals surface area contributed by atoms with Crippen molar-refractivity contribution in [3.8, 4) is 0 Å². The van der Waals surface area contributed by atoms with E-state index in [1.54, 1.807) is 0 Å². The van der Waals surface area contributed by atoms with Gasteiger partial charge in [0.1, 0.15) is 0 Å². The molecule has 0 fully saturated rings. The Morgan fingerprint density at radius 3 is 2.67 bits per heavy atom. The van der Waals surface area contributed by atoms with Gasteiger partial charge in [-0.1, -0.05) is 26.1 Å². The van der Waals surface area contributed by atoms with Crippen LogP contribution >= 0.6 is 0 Å². The lowest BCUT2D eigenvalue weighted by Gasteiger charge is -2.14. The van der Waals surface area contributed by atoms with Gasteiger partial charge in [-0.05, 0) is 18.8 Å². The van der Waals surface area contributed by atoms with E-state index in [0.717, 1.165) is 12.5 Å². The fourth-order valence-corrected chi connectivity index (χ4v) is 1.64. The van der Waals surface area contributed by atoms with Gasteiger partial charge in [-0.15, -0.1) is 0 Å². The molecule has 0 saturated carbocycles. The lowest BCUT2D eigenvalue weighted by molar-refractivity contribution is 0.142. The molecule has 0 aromatic rings. The van der Waals surface area contributed by atoms with Crippen molar-refractivity contribution < 1.29 is 4.74 Å². The fourth-order valence-electron chi connectivity index (χ4n) is 1.64. The Hall–Kier alpha value is 0.0899. The Morgan fingerprint density at radius 2 is 2.17 bits per heavy atom. The van der Waals surface area contributed by atoms with E-state index in [4.69, 9.17) is 4.74 Å². The molecule has 0 aromatic carbocycles. The van der Waals surface area contributed by atoms with Gasteiger partial charge in [-0.3, -0.25) is 0 Å². The Morgan fingerprint density at radius 1 is 1.42 bits per heavy atom. The summed E-state index contributed by atoms with van der Waals surface area (Å²) < 4.78 is 5.19. The topological polar surface area (TPSA) is 9.23 Å². The van der Waals surface area contributed by atoms with Crippen molar-refractivity contribution in [1.82, 2.24) is 0 Å². The fraction of sp³-hybridized carbons (Fsp3) is 1.00. The van der Waals surface area contributed by atoms with Crippen LogP contribution in [0, 0.1) is 5.92 Å². The molecule has 70 valence electrons. The first-order valence-corrected chi connectivity index (χ1v) is 5.34. The number of methoxy groups -OCH3 is 1. The summed E-state index contributed by atoms with van der Waals surface area (Å²) >= 11 is 0. The highest BCUT2D eigenvalue weighted by Gasteiger charge is 2.05. The monoisotopic (exact) mass is 168 g/mol. The predicted octanol–water partition coefficient (Wildman–Crippen LogP) is 1.23. The molecule has 0 spiro atoms.